The summed E-state index contributed by atoms with van der Waals surface area (Å²) < 4.78 is 0. The molecule has 1 aromatic heterocycles. The van der Waals surface area contributed by atoms with E-state index in [1.165, 1.54) is 0 Å². The van der Waals surface area contributed by atoms with Gasteiger partial charge in [0.05, 0.1) is 5.70 Å². The predicted molar refractivity (Wildman–Crippen MR) is 78.7 cm³/mol. The Balaban J connectivity index is 2.49. The van der Waals surface area contributed by atoms with Gasteiger partial charge in [-0.25, -0.2) is 10.8 Å². The number of nitriles is 1. The topological polar surface area (TPSA) is 101 Å². The summed E-state index contributed by atoms with van der Waals surface area (Å²) in [6.07, 6.45) is 1.63. The van der Waals surface area contributed by atoms with E-state index in [2.05, 4.69) is 10.4 Å². The number of pyridine rings is 1. The summed E-state index contributed by atoms with van der Waals surface area (Å²) in [4.78, 5) is 3.94. The van der Waals surface area contributed by atoms with Crippen LogP contribution in [-0.2, 0) is 0 Å². The monoisotopic (exact) mass is 285 g/mol. The van der Waals surface area contributed by atoms with E-state index in [0.717, 1.165) is 11.1 Å². The molecule has 20 heavy (non-hydrogen) atoms. The molecule has 0 amide bonds. The highest BCUT2D eigenvalue weighted by Crippen LogP contribution is 2.24. The summed E-state index contributed by atoms with van der Waals surface area (Å²) in [5.41, 5.74) is 11.1. The van der Waals surface area contributed by atoms with Gasteiger partial charge in [-0.3, -0.25) is 0 Å². The molecule has 0 radical (unpaired) electrons. The molecular formula is C14H12ClN5. The van der Waals surface area contributed by atoms with Gasteiger partial charge in [-0.15, -0.1) is 0 Å². The summed E-state index contributed by atoms with van der Waals surface area (Å²) in [5, 5.41) is 9.34. The molecule has 5 N–H and O–H groups in total. The summed E-state index contributed by atoms with van der Waals surface area (Å²) in [6.45, 7) is 0. The number of nitrogens with zero attached hydrogens (tertiary/aromatic N) is 2. The fourth-order valence-corrected chi connectivity index (χ4v) is 1.94. The standard InChI is InChI=1S/C14H12ClN5/c15-13-7-10(4-5-19-13)9-2-1-3-11(6-9)14(17)12(8-16)20-18/h1-7,20H,17-18H2/b14-12-. The Labute approximate surface area is 121 Å². The summed E-state index contributed by atoms with van der Waals surface area (Å²) in [6, 6.07) is 12.9. The number of aromatic nitrogens is 1. The Morgan fingerprint density at radius 1 is 1.25 bits per heavy atom. The molecule has 0 fully saturated rings. The summed E-state index contributed by atoms with van der Waals surface area (Å²) in [5.74, 6) is 5.25. The van der Waals surface area contributed by atoms with Crippen molar-refractivity contribution in [3.63, 3.8) is 0 Å². The third-order valence-electron chi connectivity index (χ3n) is 2.76. The molecule has 0 saturated heterocycles. The SMILES string of the molecule is N#C/C(NN)=C(/N)c1cccc(-c2ccnc(Cl)c2)c1. The molecule has 0 aliphatic rings. The van der Waals surface area contributed by atoms with Crippen LogP contribution in [0.2, 0.25) is 5.15 Å². The Kier molecular flexibility index (Phi) is 4.20. The maximum absolute atomic E-state index is 8.92. The number of nitrogens with two attached hydrogens (primary N) is 2. The van der Waals surface area contributed by atoms with Crippen LogP contribution in [0.1, 0.15) is 5.56 Å². The zero-order valence-electron chi connectivity index (χ0n) is 10.5. The van der Waals surface area contributed by atoms with E-state index in [1.807, 2.05) is 30.3 Å². The molecule has 100 valence electrons. The van der Waals surface area contributed by atoms with Gasteiger partial charge in [0.15, 0.2) is 5.70 Å². The Morgan fingerprint density at radius 2 is 2.00 bits per heavy atom. The molecule has 0 bridgehead atoms. The average Bonchev–Trinajstić information content (AvgIpc) is 2.48. The van der Waals surface area contributed by atoms with Crippen LogP contribution in [-0.4, -0.2) is 4.98 Å². The number of benzene rings is 1. The largest absolute Gasteiger partial charge is 0.396 e. The fourth-order valence-electron chi connectivity index (χ4n) is 1.76. The minimum Gasteiger partial charge on any atom is -0.396 e. The number of nitrogens with one attached hydrogen (secondary N) is 1. The second-order valence-electron chi connectivity index (χ2n) is 3.99. The molecule has 0 aliphatic carbocycles. The number of hydrogen-bond acceptors (Lipinski definition) is 5. The van der Waals surface area contributed by atoms with Crippen LogP contribution in [0.15, 0.2) is 48.3 Å². The first-order valence-corrected chi connectivity index (χ1v) is 6.12. The highest BCUT2D eigenvalue weighted by molar-refractivity contribution is 6.29. The van der Waals surface area contributed by atoms with Crippen molar-refractivity contribution < 1.29 is 0 Å². The van der Waals surface area contributed by atoms with Gasteiger partial charge in [0, 0.05) is 11.8 Å². The average molecular weight is 286 g/mol. The highest BCUT2D eigenvalue weighted by atomic mass is 35.5. The van der Waals surface area contributed by atoms with Crippen molar-refractivity contribution in [2.45, 2.75) is 0 Å². The van der Waals surface area contributed by atoms with E-state index in [1.54, 1.807) is 18.3 Å². The Bertz CT molecular complexity index is 703. The van der Waals surface area contributed by atoms with Crippen LogP contribution in [0.5, 0.6) is 0 Å². The summed E-state index contributed by atoms with van der Waals surface area (Å²) in [7, 11) is 0. The van der Waals surface area contributed by atoms with Crippen molar-refractivity contribution in [3.05, 3.63) is 59.0 Å². The van der Waals surface area contributed by atoms with Crippen LogP contribution < -0.4 is 17.0 Å². The van der Waals surface area contributed by atoms with Crippen molar-refractivity contribution >= 4 is 17.3 Å². The maximum atomic E-state index is 8.92. The first-order valence-electron chi connectivity index (χ1n) is 5.74. The molecular weight excluding hydrogens is 274 g/mol. The zero-order valence-corrected chi connectivity index (χ0v) is 11.2. The van der Waals surface area contributed by atoms with Crippen LogP contribution >= 0.6 is 11.6 Å². The minimum absolute atomic E-state index is 0.120. The Hall–Kier alpha value is -2.55. The van der Waals surface area contributed by atoms with Crippen molar-refractivity contribution in [2.75, 3.05) is 0 Å². The molecule has 6 heteroatoms. The molecule has 2 rings (SSSR count). The lowest BCUT2D eigenvalue weighted by Crippen LogP contribution is -2.23. The van der Waals surface area contributed by atoms with Crippen molar-refractivity contribution in [3.8, 4) is 17.2 Å². The second kappa shape index (κ2) is 6.06. The third-order valence-corrected chi connectivity index (χ3v) is 2.97. The van der Waals surface area contributed by atoms with Gasteiger partial charge >= 0.3 is 0 Å². The molecule has 0 saturated carbocycles. The second-order valence-corrected chi connectivity index (χ2v) is 4.38. The third kappa shape index (κ3) is 2.88. The lowest BCUT2D eigenvalue weighted by Gasteiger charge is -2.08. The number of halogens is 1. The quantitative estimate of drug-likeness (QED) is 0.347. The lowest BCUT2D eigenvalue weighted by atomic mass is 10.0. The van der Waals surface area contributed by atoms with Crippen LogP contribution in [0, 0.1) is 11.3 Å². The number of hydrogen-bond donors (Lipinski definition) is 3. The van der Waals surface area contributed by atoms with Gasteiger partial charge in [0.25, 0.3) is 0 Å². The van der Waals surface area contributed by atoms with E-state index in [-0.39, 0.29) is 11.4 Å². The molecule has 1 heterocycles. The van der Waals surface area contributed by atoms with E-state index >= 15 is 0 Å². The smallest absolute Gasteiger partial charge is 0.151 e. The number of rotatable bonds is 3. The van der Waals surface area contributed by atoms with Gasteiger partial charge < -0.3 is 11.2 Å². The first-order chi connectivity index (χ1) is 9.65. The highest BCUT2D eigenvalue weighted by Gasteiger charge is 2.06. The molecule has 0 spiro atoms. The summed E-state index contributed by atoms with van der Waals surface area (Å²) >= 11 is 5.88. The molecule has 0 unspecified atom stereocenters. The van der Waals surface area contributed by atoms with Crippen LogP contribution in [0.25, 0.3) is 16.8 Å². The maximum Gasteiger partial charge on any atom is 0.151 e. The minimum atomic E-state index is 0.120. The normalized spacial score (nSPS) is 11.4. The van der Waals surface area contributed by atoms with Crippen LogP contribution in [0.4, 0.5) is 0 Å². The zero-order chi connectivity index (χ0) is 14.5. The van der Waals surface area contributed by atoms with E-state index in [4.69, 9.17) is 28.4 Å². The van der Waals surface area contributed by atoms with Gasteiger partial charge in [-0.05, 0) is 29.3 Å². The van der Waals surface area contributed by atoms with E-state index < -0.39 is 0 Å². The molecule has 1 aromatic carbocycles. The van der Waals surface area contributed by atoms with Gasteiger partial charge in [-0.1, -0.05) is 29.8 Å². The van der Waals surface area contributed by atoms with Crippen molar-refractivity contribution in [2.24, 2.45) is 11.6 Å². The van der Waals surface area contributed by atoms with E-state index in [9.17, 15) is 0 Å². The molecule has 5 nitrogen and oxygen atoms in total. The van der Waals surface area contributed by atoms with Crippen molar-refractivity contribution in [1.29, 1.82) is 5.26 Å². The van der Waals surface area contributed by atoms with Gasteiger partial charge in [-0.2, -0.15) is 5.26 Å². The Morgan fingerprint density at radius 3 is 2.65 bits per heavy atom. The fraction of sp³-hybridized carbons (Fsp3) is 0. The van der Waals surface area contributed by atoms with E-state index in [0.29, 0.717) is 10.7 Å². The predicted octanol–water partition coefficient (Wildman–Crippen LogP) is 2.02. The number of hydrazine groups is 1. The van der Waals surface area contributed by atoms with Crippen molar-refractivity contribution in [1.82, 2.24) is 10.4 Å². The molecule has 2 aromatic rings. The number of allylic oxidation sites excluding steroid dienone is 1. The van der Waals surface area contributed by atoms with Crippen LogP contribution in [0.3, 0.4) is 0 Å². The van der Waals surface area contributed by atoms with Gasteiger partial charge in [0.2, 0.25) is 0 Å². The molecule has 0 atom stereocenters. The molecule has 0 aliphatic heterocycles. The van der Waals surface area contributed by atoms with Gasteiger partial charge in [0.1, 0.15) is 11.2 Å². The first kappa shape index (κ1) is 13.9. The lowest BCUT2D eigenvalue weighted by molar-refractivity contribution is 0.920.